The second-order valence-electron chi connectivity index (χ2n) is 5.55. The molecule has 0 fully saturated rings. The van der Waals surface area contributed by atoms with E-state index in [1.165, 1.54) is 0 Å². The van der Waals surface area contributed by atoms with E-state index < -0.39 is 0 Å². The van der Waals surface area contributed by atoms with E-state index in [4.69, 9.17) is 4.74 Å². The molecule has 1 aromatic heterocycles. The molecule has 0 saturated carbocycles. The molecule has 0 saturated heterocycles. The third-order valence-electron chi connectivity index (χ3n) is 3.93. The summed E-state index contributed by atoms with van der Waals surface area (Å²) in [5, 5.41) is 6.83. The van der Waals surface area contributed by atoms with Crippen LogP contribution in [0.25, 0.3) is 0 Å². The average molecular weight is 338 g/mol. The molecule has 2 N–H and O–H groups in total. The Kier molecular flexibility index (Phi) is 5.03. The number of nitrogens with zero attached hydrogens (tertiary/aromatic N) is 2. The topological polar surface area (TPSA) is 92.7 Å². The Morgan fingerprint density at radius 2 is 1.80 bits per heavy atom. The molecule has 128 valence electrons. The molecule has 0 bridgehead atoms. The van der Waals surface area contributed by atoms with Gasteiger partial charge in [0, 0.05) is 25.2 Å². The Hall–Kier alpha value is -3.22. The predicted octanol–water partition coefficient (Wildman–Crippen LogP) is 1.56. The largest absolute Gasteiger partial charge is 0.497 e. The number of hydrogen-bond donors (Lipinski definition) is 2. The summed E-state index contributed by atoms with van der Waals surface area (Å²) in [4.78, 5) is 27.8. The first-order valence-corrected chi connectivity index (χ1v) is 7.87. The standard InChI is InChI=1S/C18H18N4O3/c1-25-14-4-2-12(3-5-14)17(13-8-10-19-11-9-13)20-18(24)15-6-7-16(23)22-21-15/h2-5,8-11,17H,6-7H2,1H3,(H,20,24)(H,22,23). The lowest BCUT2D eigenvalue weighted by molar-refractivity contribution is -0.121. The number of carbonyl (C=O) groups excluding carboxylic acids is 2. The Balaban J connectivity index is 1.86. The molecule has 1 atom stereocenters. The van der Waals surface area contributed by atoms with Crippen molar-refractivity contribution in [1.82, 2.24) is 15.7 Å². The van der Waals surface area contributed by atoms with Crippen LogP contribution in [-0.4, -0.2) is 29.6 Å². The number of methoxy groups -OCH3 is 1. The van der Waals surface area contributed by atoms with Gasteiger partial charge in [0.25, 0.3) is 5.91 Å². The average Bonchev–Trinajstić information content (AvgIpc) is 2.67. The summed E-state index contributed by atoms with van der Waals surface area (Å²) in [6.07, 6.45) is 3.94. The fourth-order valence-electron chi connectivity index (χ4n) is 2.56. The van der Waals surface area contributed by atoms with Crippen molar-refractivity contribution in [3.05, 3.63) is 59.9 Å². The number of aromatic nitrogens is 1. The smallest absolute Gasteiger partial charge is 0.268 e. The summed E-state index contributed by atoms with van der Waals surface area (Å²) in [6, 6.07) is 10.8. The van der Waals surface area contributed by atoms with Gasteiger partial charge >= 0.3 is 0 Å². The van der Waals surface area contributed by atoms with Crippen LogP contribution in [0.4, 0.5) is 0 Å². The van der Waals surface area contributed by atoms with E-state index in [0.29, 0.717) is 12.1 Å². The molecule has 1 unspecified atom stereocenters. The molecule has 3 rings (SSSR count). The first-order valence-electron chi connectivity index (χ1n) is 7.87. The molecule has 1 aliphatic rings. The van der Waals surface area contributed by atoms with Crippen molar-refractivity contribution in [2.24, 2.45) is 5.10 Å². The monoisotopic (exact) mass is 338 g/mol. The van der Waals surface area contributed by atoms with E-state index in [0.717, 1.165) is 16.9 Å². The molecule has 1 aliphatic heterocycles. The van der Waals surface area contributed by atoms with Crippen LogP contribution in [0.1, 0.15) is 30.0 Å². The highest BCUT2D eigenvalue weighted by Gasteiger charge is 2.23. The zero-order valence-electron chi connectivity index (χ0n) is 13.7. The maximum absolute atomic E-state index is 12.6. The first-order chi connectivity index (χ1) is 12.2. The van der Waals surface area contributed by atoms with Crippen molar-refractivity contribution in [3.63, 3.8) is 0 Å². The van der Waals surface area contributed by atoms with Gasteiger partial charge in [0.1, 0.15) is 11.5 Å². The van der Waals surface area contributed by atoms with E-state index in [1.54, 1.807) is 19.5 Å². The minimum Gasteiger partial charge on any atom is -0.497 e. The number of rotatable bonds is 5. The van der Waals surface area contributed by atoms with Crippen LogP contribution in [-0.2, 0) is 9.59 Å². The molecule has 7 nitrogen and oxygen atoms in total. The van der Waals surface area contributed by atoms with E-state index >= 15 is 0 Å². The van der Waals surface area contributed by atoms with Crippen molar-refractivity contribution in [2.45, 2.75) is 18.9 Å². The molecular weight excluding hydrogens is 320 g/mol. The van der Waals surface area contributed by atoms with Crippen molar-refractivity contribution in [3.8, 4) is 5.75 Å². The van der Waals surface area contributed by atoms with Gasteiger partial charge in [-0.2, -0.15) is 5.10 Å². The second-order valence-corrected chi connectivity index (χ2v) is 5.55. The van der Waals surface area contributed by atoms with Crippen LogP contribution in [0.2, 0.25) is 0 Å². The van der Waals surface area contributed by atoms with E-state index in [-0.39, 0.29) is 24.3 Å². The lowest BCUT2D eigenvalue weighted by Gasteiger charge is -2.21. The van der Waals surface area contributed by atoms with Crippen molar-refractivity contribution < 1.29 is 14.3 Å². The molecule has 0 aliphatic carbocycles. The van der Waals surface area contributed by atoms with Crippen molar-refractivity contribution >= 4 is 17.5 Å². The molecule has 25 heavy (non-hydrogen) atoms. The molecule has 2 aromatic rings. The molecular formula is C18H18N4O3. The molecule has 0 spiro atoms. The van der Waals surface area contributed by atoms with E-state index in [2.05, 4.69) is 20.8 Å². The van der Waals surface area contributed by atoms with Gasteiger partial charge in [0.05, 0.1) is 13.2 Å². The summed E-state index contributed by atoms with van der Waals surface area (Å²) in [7, 11) is 1.60. The highest BCUT2D eigenvalue weighted by Crippen LogP contribution is 2.24. The highest BCUT2D eigenvalue weighted by atomic mass is 16.5. The first kappa shape index (κ1) is 16.6. The molecule has 7 heteroatoms. The van der Waals surface area contributed by atoms with Crippen molar-refractivity contribution in [2.75, 3.05) is 7.11 Å². The Morgan fingerprint density at radius 3 is 2.40 bits per heavy atom. The van der Waals surface area contributed by atoms with Gasteiger partial charge in [-0.25, -0.2) is 5.43 Å². The van der Waals surface area contributed by atoms with Gasteiger partial charge in [0.15, 0.2) is 0 Å². The maximum atomic E-state index is 12.6. The number of carbonyl (C=O) groups is 2. The van der Waals surface area contributed by atoms with Crippen LogP contribution in [0, 0.1) is 0 Å². The molecule has 2 amide bonds. The van der Waals surface area contributed by atoms with Gasteiger partial charge in [-0.15, -0.1) is 0 Å². The second kappa shape index (κ2) is 7.57. The highest BCUT2D eigenvalue weighted by molar-refractivity contribution is 6.39. The summed E-state index contributed by atoms with van der Waals surface area (Å²) in [5.41, 5.74) is 4.46. The number of nitrogens with one attached hydrogen (secondary N) is 2. The van der Waals surface area contributed by atoms with Gasteiger partial charge < -0.3 is 10.1 Å². The molecule has 0 radical (unpaired) electrons. The van der Waals surface area contributed by atoms with Gasteiger partial charge in [-0.1, -0.05) is 12.1 Å². The van der Waals surface area contributed by atoms with Crippen molar-refractivity contribution in [1.29, 1.82) is 0 Å². The number of hydrazone groups is 1. The maximum Gasteiger partial charge on any atom is 0.268 e. The summed E-state index contributed by atoms with van der Waals surface area (Å²) >= 11 is 0. The molecule has 2 heterocycles. The van der Waals surface area contributed by atoms with E-state index in [9.17, 15) is 9.59 Å². The quantitative estimate of drug-likeness (QED) is 0.865. The normalized spacial score (nSPS) is 14.9. The number of amides is 2. The minimum atomic E-state index is -0.360. The third-order valence-corrected chi connectivity index (χ3v) is 3.93. The summed E-state index contributed by atoms with van der Waals surface area (Å²) < 4.78 is 5.18. The SMILES string of the molecule is COc1ccc(C(NC(=O)C2=NNC(=O)CC2)c2ccncc2)cc1. The van der Waals surface area contributed by atoms with Crippen LogP contribution < -0.4 is 15.5 Å². The fraction of sp³-hybridized carbons (Fsp3) is 0.222. The van der Waals surface area contributed by atoms with Gasteiger partial charge in [-0.05, 0) is 35.4 Å². The Labute approximate surface area is 145 Å². The predicted molar refractivity (Wildman–Crippen MR) is 92.0 cm³/mol. The van der Waals surface area contributed by atoms with Gasteiger partial charge in [0.2, 0.25) is 5.91 Å². The Morgan fingerprint density at radius 1 is 1.12 bits per heavy atom. The molecule has 1 aromatic carbocycles. The zero-order chi connectivity index (χ0) is 17.6. The van der Waals surface area contributed by atoms with Gasteiger partial charge in [-0.3, -0.25) is 14.6 Å². The lowest BCUT2D eigenvalue weighted by Crippen LogP contribution is -2.39. The minimum absolute atomic E-state index is 0.183. The van der Waals surface area contributed by atoms with Crippen LogP contribution in [0.5, 0.6) is 5.75 Å². The number of hydrogen-bond acceptors (Lipinski definition) is 5. The van der Waals surface area contributed by atoms with Crippen LogP contribution in [0.3, 0.4) is 0 Å². The fourth-order valence-corrected chi connectivity index (χ4v) is 2.56. The summed E-state index contributed by atoms with van der Waals surface area (Å²) in [5.74, 6) is 0.248. The lowest BCUT2D eigenvalue weighted by atomic mass is 9.99. The van der Waals surface area contributed by atoms with Crippen LogP contribution >= 0.6 is 0 Å². The van der Waals surface area contributed by atoms with Crippen LogP contribution in [0.15, 0.2) is 53.9 Å². The summed E-state index contributed by atoms with van der Waals surface area (Å²) in [6.45, 7) is 0. The Bertz CT molecular complexity index is 788. The number of pyridine rings is 1. The zero-order valence-corrected chi connectivity index (χ0v) is 13.7. The third kappa shape index (κ3) is 4.00. The number of ether oxygens (including phenoxy) is 1. The van der Waals surface area contributed by atoms with E-state index in [1.807, 2.05) is 36.4 Å². The number of benzene rings is 1.